The molecule has 0 radical (unpaired) electrons. The summed E-state index contributed by atoms with van der Waals surface area (Å²) < 4.78 is 5.44. The summed E-state index contributed by atoms with van der Waals surface area (Å²) in [6.07, 6.45) is 6.20. The number of carbonyl (C=O) groups excluding carboxylic acids is 3. The molecule has 0 heterocycles. The number of alkyl carbamates (subject to hydrolysis) is 1. The van der Waals surface area contributed by atoms with Crippen LogP contribution in [0.15, 0.2) is 24.3 Å². The number of nitrogens with one attached hydrogen (secondary N) is 2. The molecule has 1 aliphatic rings. The number of ether oxygens (including phenoxy) is 1. The average molecular weight is 520 g/mol. The Morgan fingerprint density at radius 1 is 1.08 bits per heavy atom. The lowest BCUT2D eigenvalue weighted by Crippen LogP contribution is -2.54. The fourth-order valence-corrected chi connectivity index (χ4v) is 4.67. The summed E-state index contributed by atoms with van der Waals surface area (Å²) in [7, 11) is 0. The van der Waals surface area contributed by atoms with Gasteiger partial charge in [0.2, 0.25) is 11.8 Å². The third kappa shape index (κ3) is 9.34. The van der Waals surface area contributed by atoms with Crippen LogP contribution in [0.1, 0.15) is 90.8 Å². The first-order chi connectivity index (χ1) is 17.0. The van der Waals surface area contributed by atoms with Gasteiger partial charge in [0.1, 0.15) is 17.7 Å². The molecule has 2 rings (SSSR count). The first-order valence-electron chi connectivity index (χ1n) is 13.2. The molecule has 1 fully saturated rings. The molecule has 0 saturated heterocycles. The van der Waals surface area contributed by atoms with Crippen molar-refractivity contribution < 1.29 is 19.1 Å². The molecule has 1 aromatic rings. The summed E-state index contributed by atoms with van der Waals surface area (Å²) in [5, 5.41) is 5.93. The molecule has 3 unspecified atom stereocenters. The number of carbonyl (C=O) groups is 3. The van der Waals surface area contributed by atoms with E-state index < -0.39 is 23.8 Å². The smallest absolute Gasteiger partial charge is 0.408 e. The van der Waals surface area contributed by atoms with Gasteiger partial charge in [-0.2, -0.15) is 11.8 Å². The van der Waals surface area contributed by atoms with Crippen LogP contribution < -0.4 is 10.6 Å². The van der Waals surface area contributed by atoms with Gasteiger partial charge in [0.05, 0.1) is 0 Å². The Bertz CT molecular complexity index is 865. The topological polar surface area (TPSA) is 87.7 Å². The van der Waals surface area contributed by atoms with Gasteiger partial charge in [-0.25, -0.2) is 4.79 Å². The lowest BCUT2D eigenvalue weighted by molar-refractivity contribution is -0.143. The van der Waals surface area contributed by atoms with Crippen LogP contribution in [0.3, 0.4) is 0 Å². The molecule has 1 saturated carbocycles. The number of aryl methyl sites for hydroxylation is 1. The van der Waals surface area contributed by atoms with E-state index in [9.17, 15) is 14.4 Å². The van der Waals surface area contributed by atoms with Crippen LogP contribution in [0, 0.1) is 0 Å². The molecule has 7 nitrogen and oxygen atoms in total. The summed E-state index contributed by atoms with van der Waals surface area (Å²) in [6.45, 7) is 11.5. The van der Waals surface area contributed by atoms with E-state index in [-0.39, 0.29) is 23.9 Å². The Hall–Kier alpha value is -2.22. The second-order valence-corrected chi connectivity index (χ2v) is 11.6. The van der Waals surface area contributed by atoms with Gasteiger partial charge in [-0.3, -0.25) is 9.59 Å². The van der Waals surface area contributed by atoms with Crippen LogP contribution in [0.2, 0.25) is 0 Å². The number of rotatable bonds is 13. The normalized spacial score (nSPS) is 16.0. The Kier molecular flexibility index (Phi) is 11.6. The maximum absolute atomic E-state index is 14.1. The Labute approximate surface area is 221 Å². The minimum atomic E-state index is -0.772. The van der Waals surface area contributed by atoms with E-state index in [2.05, 4.69) is 24.5 Å². The van der Waals surface area contributed by atoms with Crippen LogP contribution >= 0.6 is 11.8 Å². The van der Waals surface area contributed by atoms with Crippen molar-refractivity contribution in [3.8, 4) is 0 Å². The van der Waals surface area contributed by atoms with Crippen molar-refractivity contribution in [2.24, 2.45) is 0 Å². The van der Waals surface area contributed by atoms with Gasteiger partial charge < -0.3 is 20.3 Å². The molecular formula is C28H45N3O4S. The van der Waals surface area contributed by atoms with Crippen molar-refractivity contribution in [3.05, 3.63) is 35.4 Å². The number of thioether (sulfide) groups is 1. The molecule has 2 N–H and O–H groups in total. The zero-order valence-corrected chi connectivity index (χ0v) is 23.9. The molecule has 8 heteroatoms. The average Bonchev–Trinajstić information content (AvgIpc) is 3.63. The minimum Gasteiger partial charge on any atom is -0.444 e. The second-order valence-electron chi connectivity index (χ2n) is 10.7. The molecule has 0 bridgehead atoms. The monoisotopic (exact) mass is 519 g/mol. The van der Waals surface area contributed by atoms with Crippen LogP contribution in [0.5, 0.6) is 0 Å². The van der Waals surface area contributed by atoms with Crippen molar-refractivity contribution in [2.75, 3.05) is 12.0 Å². The summed E-state index contributed by atoms with van der Waals surface area (Å²) in [4.78, 5) is 42.1. The number of hydrogen-bond acceptors (Lipinski definition) is 5. The summed E-state index contributed by atoms with van der Waals surface area (Å²) in [6, 6.07) is 6.39. The molecular weight excluding hydrogens is 474 g/mol. The van der Waals surface area contributed by atoms with Gasteiger partial charge >= 0.3 is 6.09 Å². The van der Waals surface area contributed by atoms with E-state index in [0.717, 1.165) is 37.7 Å². The van der Waals surface area contributed by atoms with E-state index >= 15 is 0 Å². The first-order valence-corrected chi connectivity index (χ1v) is 14.6. The highest BCUT2D eigenvalue weighted by atomic mass is 32.2. The fourth-order valence-electron chi connectivity index (χ4n) is 4.19. The fraction of sp³-hybridized carbons (Fsp3) is 0.679. The van der Waals surface area contributed by atoms with Crippen LogP contribution in [-0.4, -0.2) is 58.5 Å². The molecule has 0 aromatic heterocycles. The largest absolute Gasteiger partial charge is 0.444 e. The number of nitrogens with zero attached hydrogens (tertiary/aromatic N) is 1. The van der Waals surface area contributed by atoms with E-state index in [1.165, 1.54) is 5.56 Å². The highest BCUT2D eigenvalue weighted by molar-refractivity contribution is 7.98. The minimum absolute atomic E-state index is 0.00301. The third-order valence-electron chi connectivity index (χ3n) is 6.14. The zero-order valence-electron chi connectivity index (χ0n) is 23.1. The van der Waals surface area contributed by atoms with Crippen molar-refractivity contribution >= 4 is 29.7 Å². The number of benzene rings is 1. The maximum Gasteiger partial charge on any atom is 0.408 e. The molecule has 36 heavy (non-hydrogen) atoms. The summed E-state index contributed by atoms with van der Waals surface area (Å²) >= 11 is 1.61. The molecule has 202 valence electrons. The van der Waals surface area contributed by atoms with Gasteiger partial charge in [0.15, 0.2) is 0 Å². The van der Waals surface area contributed by atoms with Gasteiger partial charge in [-0.05, 0) is 82.9 Å². The second kappa shape index (κ2) is 13.9. The lowest BCUT2D eigenvalue weighted by Gasteiger charge is -2.35. The summed E-state index contributed by atoms with van der Waals surface area (Å²) in [5.41, 5.74) is 1.28. The van der Waals surface area contributed by atoms with E-state index in [0.29, 0.717) is 12.2 Å². The molecule has 3 amide bonds. The SMILES string of the molecule is CCCC(C)NC(=O)C(c1ccc(CC)cc1)N(C(=O)C(CCSC)NC(=O)OC(C)(C)C)C1CC1. The lowest BCUT2D eigenvalue weighted by atomic mass is 9.99. The highest BCUT2D eigenvalue weighted by Crippen LogP contribution is 2.36. The zero-order chi connectivity index (χ0) is 26.9. The van der Waals surface area contributed by atoms with Gasteiger partial charge in [0.25, 0.3) is 0 Å². The van der Waals surface area contributed by atoms with Crippen LogP contribution in [-0.2, 0) is 20.7 Å². The van der Waals surface area contributed by atoms with Crippen molar-refractivity contribution in [2.45, 2.75) is 110 Å². The maximum atomic E-state index is 14.1. The molecule has 0 aliphatic heterocycles. The first kappa shape index (κ1) is 30.0. The number of amides is 3. The van der Waals surface area contributed by atoms with Crippen molar-refractivity contribution in [1.82, 2.24) is 15.5 Å². The predicted molar refractivity (Wildman–Crippen MR) is 147 cm³/mol. The Morgan fingerprint density at radius 2 is 1.72 bits per heavy atom. The van der Waals surface area contributed by atoms with Gasteiger partial charge in [0, 0.05) is 12.1 Å². The van der Waals surface area contributed by atoms with E-state index in [1.807, 2.05) is 37.4 Å². The predicted octanol–water partition coefficient (Wildman–Crippen LogP) is 5.23. The number of hydrogen-bond donors (Lipinski definition) is 2. The Balaban J connectivity index is 2.42. The third-order valence-corrected chi connectivity index (χ3v) is 6.78. The molecule has 0 spiro atoms. The van der Waals surface area contributed by atoms with Crippen molar-refractivity contribution in [1.29, 1.82) is 0 Å². The van der Waals surface area contributed by atoms with Gasteiger partial charge in [-0.15, -0.1) is 0 Å². The van der Waals surface area contributed by atoms with Crippen LogP contribution in [0.4, 0.5) is 4.79 Å². The highest BCUT2D eigenvalue weighted by Gasteiger charge is 2.44. The molecule has 1 aromatic carbocycles. The molecule has 3 atom stereocenters. The summed E-state index contributed by atoms with van der Waals surface area (Å²) in [5.74, 6) is 0.280. The quantitative estimate of drug-likeness (QED) is 0.372. The molecule has 1 aliphatic carbocycles. The van der Waals surface area contributed by atoms with Gasteiger partial charge in [-0.1, -0.05) is 44.5 Å². The van der Waals surface area contributed by atoms with E-state index in [1.54, 1.807) is 37.4 Å². The van der Waals surface area contributed by atoms with Crippen molar-refractivity contribution in [3.63, 3.8) is 0 Å². The Morgan fingerprint density at radius 3 is 2.22 bits per heavy atom. The standard InChI is InChI=1S/C28H45N3O4S/c1-8-10-19(3)29-25(32)24(21-13-11-20(9-2)12-14-21)31(22-15-16-22)26(33)23(17-18-36-7)30-27(34)35-28(4,5)6/h11-14,19,22-24H,8-10,15-18H2,1-7H3,(H,29,32)(H,30,34). The van der Waals surface area contributed by atoms with E-state index in [4.69, 9.17) is 4.74 Å². The van der Waals surface area contributed by atoms with Crippen LogP contribution in [0.25, 0.3) is 0 Å².